The van der Waals surface area contributed by atoms with E-state index < -0.39 is 0 Å². The number of nitrogen functional groups attached to an aromatic ring is 1. The van der Waals surface area contributed by atoms with Crippen molar-refractivity contribution < 1.29 is 4.79 Å². The van der Waals surface area contributed by atoms with Gasteiger partial charge < -0.3 is 15.5 Å². The van der Waals surface area contributed by atoms with Gasteiger partial charge in [-0.15, -0.1) is 11.3 Å². The summed E-state index contributed by atoms with van der Waals surface area (Å²) in [6, 6.07) is 4.11. The lowest BCUT2D eigenvalue weighted by molar-refractivity contribution is 0.0722. The molecule has 1 unspecified atom stereocenters. The SMILES string of the molecule is CN(C)CC1CCCN1C(=O)c1sc2cccnc2c1N. The lowest BCUT2D eigenvalue weighted by Crippen LogP contribution is -2.41. The fraction of sp³-hybridized carbons (Fsp3) is 0.467. The summed E-state index contributed by atoms with van der Waals surface area (Å²) >= 11 is 1.45. The van der Waals surface area contributed by atoms with Crippen molar-refractivity contribution in [3.8, 4) is 0 Å². The van der Waals surface area contributed by atoms with E-state index in [4.69, 9.17) is 5.73 Å². The molecule has 2 N–H and O–H groups in total. The number of pyridine rings is 1. The zero-order valence-corrected chi connectivity index (χ0v) is 13.2. The Labute approximate surface area is 128 Å². The van der Waals surface area contributed by atoms with Gasteiger partial charge in [0.1, 0.15) is 10.4 Å². The van der Waals surface area contributed by atoms with Gasteiger partial charge in [0.15, 0.2) is 0 Å². The second-order valence-electron chi connectivity index (χ2n) is 5.75. The van der Waals surface area contributed by atoms with Crippen molar-refractivity contribution in [1.29, 1.82) is 0 Å². The molecule has 1 amide bonds. The van der Waals surface area contributed by atoms with E-state index in [0.717, 1.165) is 36.1 Å². The van der Waals surface area contributed by atoms with E-state index in [9.17, 15) is 4.79 Å². The Morgan fingerprint density at radius 2 is 2.38 bits per heavy atom. The highest BCUT2D eigenvalue weighted by atomic mass is 32.1. The summed E-state index contributed by atoms with van der Waals surface area (Å²) in [6.07, 6.45) is 3.84. The first-order chi connectivity index (χ1) is 10.1. The van der Waals surface area contributed by atoms with Gasteiger partial charge in [-0.1, -0.05) is 0 Å². The van der Waals surface area contributed by atoms with Gasteiger partial charge in [-0.2, -0.15) is 0 Å². The number of hydrogen-bond acceptors (Lipinski definition) is 5. The van der Waals surface area contributed by atoms with Crippen LogP contribution in [0.25, 0.3) is 10.2 Å². The van der Waals surface area contributed by atoms with Crippen LogP contribution in [0.4, 0.5) is 5.69 Å². The molecule has 2 aromatic heterocycles. The highest BCUT2D eigenvalue weighted by molar-refractivity contribution is 7.21. The molecule has 2 aromatic rings. The maximum atomic E-state index is 12.8. The lowest BCUT2D eigenvalue weighted by atomic mass is 10.2. The van der Waals surface area contributed by atoms with Crippen LogP contribution in [0.15, 0.2) is 18.3 Å². The Morgan fingerprint density at radius 3 is 3.10 bits per heavy atom. The Hall–Kier alpha value is -1.66. The molecule has 0 bridgehead atoms. The number of anilines is 1. The molecule has 3 heterocycles. The largest absolute Gasteiger partial charge is 0.396 e. The molecule has 1 atom stereocenters. The molecule has 1 aliphatic heterocycles. The molecule has 0 saturated carbocycles. The quantitative estimate of drug-likeness (QED) is 0.942. The van der Waals surface area contributed by atoms with Crippen LogP contribution in [0.3, 0.4) is 0 Å². The summed E-state index contributed by atoms with van der Waals surface area (Å²) in [5.41, 5.74) is 7.41. The molecule has 1 saturated heterocycles. The third-order valence-corrected chi connectivity index (χ3v) is 5.04. The topological polar surface area (TPSA) is 62.5 Å². The standard InChI is InChI=1S/C15H20N4OS/c1-18(2)9-10-5-4-8-19(10)15(20)14-12(16)13-11(21-14)6-3-7-17-13/h3,6-7,10H,4-5,8-9,16H2,1-2H3. The molecular formula is C15H20N4OS. The molecule has 0 aromatic carbocycles. The van der Waals surface area contributed by atoms with Crippen LogP contribution in [-0.4, -0.2) is 53.9 Å². The number of hydrogen-bond donors (Lipinski definition) is 1. The van der Waals surface area contributed by atoms with Gasteiger partial charge in [0, 0.05) is 25.3 Å². The zero-order valence-electron chi connectivity index (χ0n) is 12.4. The highest BCUT2D eigenvalue weighted by Gasteiger charge is 2.32. The fourth-order valence-corrected chi connectivity index (χ4v) is 3.99. The van der Waals surface area contributed by atoms with E-state index in [2.05, 4.69) is 9.88 Å². The minimum Gasteiger partial charge on any atom is -0.396 e. The molecule has 21 heavy (non-hydrogen) atoms. The van der Waals surface area contributed by atoms with Crippen molar-refractivity contribution in [2.75, 3.05) is 32.9 Å². The Bertz CT molecular complexity index is 667. The second-order valence-corrected chi connectivity index (χ2v) is 6.80. The summed E-state index contributed by atoms with van der Waals surface area (Å²) < 4.78 is 0.974. The van der Waals surface area contributed by atoms with Gasteiger partial charge >= 0.3 is 0 Å². The van der Waals surface area contributed by atoms with Crippen LogP contribution in [0.5, 0.6) is 0 Å². The van der Waals surface area contributed by atoms with Crippen molar-refractivity contribution in [2.45, 2.75) is 18.9 Å². The molecule has 1 aliphatic rings. The predicted molar refractivity (Wildman–Crippen MR) is 86.6 cm³/mol. The Balaban J connectivity index is 1.91. The molecular weight excluding hydrogens is 284 g/mol. The summed E-state index contributed by atoms with van der Waals surface area (Å²) in [5, 5.41) is 0. The Kier molecular flexibility index (Phi) is 3.82. The molecule has 3 rings (SSSR count). The third-order valence-electron chi connectivity index (χ3n) is 3.89. The monoisotopic (exact) mass is 304 g/mol. The third kappa shape index (κ3) is 2.61. The van der Waals surface area contributed by atoms with Crippen molar-refractivity contribution in [2.24, 2.45) is 0 Å². The number of likely N-dealkylation sites (tertiary alicyclic amines) is 1. The molecule has 112 valence electrons. The van der Waals surface area contributed by atoms with Crippen molar-refractivity contribution in [3.63, 3.8) is 0 Å². The van der Waals surface area contributed by atoms with Crippen LogP contribution < -0.4 is 5.73 Å². The Morgan fingerprint density at radius 1 is 1.57 bits per heavy atom. The van der Waals surface area contributed by atoms with Gasteiger partial charge in [-0.05, 0) is 39.1 Å². The van der Waals surface area contributed by atoms with E-state index in [0.29, 0.717) is 10.6 Å². The summed E-state index contributed by atoms with van der Waals surface area (Å²) in [7, 11) is 4.08. The number of thiophene rings is 1. The number of nitrogens with two attached hydrogens (primary N) is 1. The van der Waals surface area contributed by atoms with Crippen molar-refractivity contribution >= 4 is 33.1 Å². The lowest BCUT2D eigenvalue weighted by Gasteiger charge is -2.26. The van der Waals surface area contributed by atoms with Gasteiger partial charge in [-0.3, -0.25) is 9.78 Å². The smallest absolute Gasteiger partial charge is 0.266 e. The number of aromatic nitrogens is 1. The van der Waals surface area contributed by atoms with E-state index in [1.54, 1.807) is 6.20 Å². The van der Waals surface area contributed by atoms with Crippen LogP contribution in [0, 0.1) is 0 Å². The van der Waals surface area contributed by atoms with Gasteiger partial charge in [-0.25, -0.2) is 0 Å². The number of likely N-dealkylation sites (N-methyl/N-ethyl adjacent to an activating group) is 1. The molecule has 0 aliphatic carbocycles. The number of amides is 1. The number of carbonyl (C=O) groups excluding carboxylic acids is 1. The van der Waals surface area contributed by atoms with Crippen molar-refractivity contribution in [1.82, 2.24) is 14.8 Å². The first kappa shape index (κ1) is 14.3. The van der Waals surface area contributed by atoms with Crippen LogP contribution in [0.2, 0.25) is 0 Å². The maximum absolute atomic E-state index is 12.8. The normalized spacial score (nSPS) is 18.8. The second kappa shape index (κ2) is 5.61. The average Bonchev–Trinajstić information content (AvgIpc) is 3.03. The van der Waals surface area contributed by atoms with Crippen molar-refractivity contribution in [3.05, 3.63) is 23.2 Å². The summed E-state index contributed by atoms with van der Waals surface area (Å²) in [6.45, 7) is 1.72. The fourth-order valence-electron chi connectivity index (χ4n) is 2.95. The van der Waals surface area contributed by atoms with E-state index in [1.165, 1.54) is 11.3 Å². The maximum Gasteiger partial charge on any atom is 0.266 e. The van der Waals surface area contributed by atoms with Crippen LogP contribution in [-0.2, 0) is 0 Å². The van der Waals surface area contributed by atoms with Gasteiger partial charge in [0.25, 0.3) is 5.91 Å². The number of fused-ring (bicyclic) bond motifs is 1. The number of rotatable bonds is 3. The first-order valence-electron chi connectivity index (χ1n) is 7.16. The molecule has 5 nitrogen and oxygen atoms in total. The molecule has 0 spiro atoms. The average molecular weight is 304 g/mol. The number of nitrogens with zero attached hydrogens (tertiary/aromatic N) is 3. The molecule has 1 fully saturated rings. The van der Waals surface area contributed by atoms with Gasteiger partial charge in [0.2, 0.25) is 0 Å². The predicted octanol–water partition coefficient (Wildman–Crippen LogP) is 2.04. The highest BCUT2D eigenvalue weighted by Crippen LogP contribution is 2.34. The van der Waals surface area contributed by atoms with E-state index >= 15 is 0 Å². The minimum absolute atomic E-state index is 0.0554. The summed E-state index contributed by atoms with van der Waals surface area (Å²) in [4.78, 5) is 21.9. The zero-order chi connectivity index (χ0) is 15.0. The minimum atomic E-state index is 0.0554. The van der Waals surface area contributed by atoms with E-state index in [1.807, 2.05) is 31.1 Å². The van der Waals surface area contributed by atoms with Crippen LogP contribution >= 0.6 is 11.3 Å². The summed E-state index contributed by atoms with van der Waals surface area (Å²) in [5.74, 6) is 0.0554. The number of carbonyl (C=O) groups is 1. The van der Waals surface area contributed by atoms with Gasteiger partial charge in [0.05, 0.1) is 10.4 Å². The van der Waals surface area contributed by atoms with E-state index in [-0.39, 0.29) is 11.9 Å². The molecule has 6 heteroatoms. The first-order valence-corrected chi connectivity index (χ1v) is 7.98. The van der Waals surface area contributed by atoms with Crippen LogP contribution in [0.1, 0.15) is 22.5 Å². The molecule has 0 radical (unpaired) electrons.